The lowest BCUT2D eigenvalue weighted by molar-refractivity contribution is -0.155. The second-order valence-electron chi connectivity index (χ2n) is 9.98. The molecule has 2 fully saturated rings. The minimum absolute atomic E-state index is 0.0568. The first-order valence-corrected chi connectivity index (χ1v) is 13.1. The van der Waals surface area contributed by atoms with Crippen molar-refractivity contribution in [1.82, 2.24) is 4.90 Å². The van der Waals surface area contributed by atoms with Crippen LogP contribution in [0.2, 0.25) is 19.6 Å². The highest BCUT2D eigenvalue weighted by atomic mass is 28.4. The molecule has 27 heavy (non-hydrogen) atoms. The number of imide groups is 1. The molecule has 156 valence electrons. The van der Waals surface area contributed by atoms with E-state index in [1.54, 1.807) is 20.8 Å². The first-order chi connectivity index (χ1) is 12.1. The van der Waals surface area contributed by atoms with E-state index < -0.39 is 37.9 Å². The van der Waals surface area contributed by atoms with Crippen LogP contribution >= 0.6 is 0 Å². The number of carbonyl (C=O) groups is 2. The smallest absolute Gasteiger partial charge is 0.417 e. The maximum atomic E-state index is 12.8. The topological polar surface area (TPSA) is 74.3 Å². The van der Waals surface area contributed by atoms with Crippen molar-refractivity contribution in [2.75, 3.05) is 6.61 Å². The molecule has 0 aromatic carbocycles. The molecule has 2 amide bonds. The Kier molecular flexibility index (Phi) is 6.17. The van der Waals surface area contributed by atoms with Crippen LogP contribution in [-0.4, -0.2) is 61.5 Å². The maximum Gasteiger partial charge on any atom is 0.417 e. The quantitative estimate of drug-likeness (QED) is 0.671. The third-order valence-corrected chi connectivity index (χ3v) is 5.44. The van der Waals surface area contributed by atoms with Crippen LogP contribution in [0.5, 0.6) is 0 Å². The second kappa shape index (κ2) is 7.46. The molecule has 4 atom stereocenters. The van der Waals surface area contributed by atoms with Gasteiger partial charge in [0.25, 0.3) is 0 Å². The summed E-state index contributed by atoms with van der Waals surface area (Å²) < 4.78 is 23.8. The van der Waals surface area contributed by atoms with E-state index in [1.165, 1.54) is 4.90 Å². The Bertz CT molecular complexity index is 580. The van der Waals surface area contributed by atoms with Crippen molar-refractivity contribution in [3.63, 3.8) is 0 Å². The average Bonchev–Trinajstić information content (AvgIpc) is 2.92. The molecule has 2 rings (SSSR count). The summed E-state index contributed by atoms with van der Waals surface area (Å²) in [6, 6.07) is -0.443. The first kappa shape index (κ1) is 22.3. The zero-order valence-electron chi connectivity index (χ0n) is 18.1. The van der Waals surface area contributed by atoms with E-state index >= 15 is 0 Å². The Morgan fingerprint density at radius 2 is 1.89 bits per heavy atom. The number of hydrogen-bond acceptors (Lipinski definition) is 6. The molecule has 0 unspecified atom stereocenters. The number of likely N-dealkylation sites (tertiary alicyclic amines) is 1. The van der Waals surface area contributed by atoms with Crippen LogP contribution in [0.1, 0.15) is 48.0 Å². The van der Waals surface area contributed by atoms with Crippen molar-refractivity contribution >= 4 is 20.3 Å². The maximum absolute atomic E-state index is 12.8. The average molecular weight is 402 g/mol. The van der Waals surface area contributed by atoms with Gasteiger partial charge in [-0.05, 0) is 60.2 Å². The van der Waals surface area contributed by atoms with Crippen molar-refractivity contribution in [2.45, 2.75) is 97.2 Å². The summed E-state index contributed by atoms with van der Waals surface area (Å²) in [5.74, 6) is -1.00. The van der Waals surface area contributed by atoms with Gasteiger partial charge < -0.3 is 18.6 Å². The van der Waals surface area contributed by atoms with E-state index in [0.717, 1.165) is 0 Å². The normalized spacial score (nSPS) is 29.9. The molecule has 0 aliphatic carbocycles. The molecule has 0 bridgehead atoms. The molecule has 2 aliphatic rings. The van der Waals surface area contributed by atoms with Gasteiger partial charge in [0, 0.05) is 6.42 Å². The fourth-order valence-corrected chi connectivity index (χ4v) is 4.68. The van der Waals surface area contributed by atoms with Gasteiger partial charge in [0.05, 0.1) is 18.8 Å². The molecule has 0 aromatic rings. The van der Waals surface area contributed by atoms with Crippen LogP contribution in [0.3, 0.4) is 0 Å². The van der Waals surface area contributed by atoms with Gasteiger partial charge in [-0.15, -0.1) is 0 Å². The SMILES string of the molecule is C[C@@H]1CC(=O)N(C(=O)OC(C)(C)C)[C@H]1[C@H](O[Si](C)(C)C)[C@H]1COC(C)(C)O1. The van der Waals surface area contributed by atoms with Crippen molar-refractivity contribution < 1.29 is 28.2 Å². The van der Waals surface area contributed by atoms with Crippen molar-refractivity contribution in [1.29, 1.82) is 0 Å². The zero-order valence-corrected chi connectivity index (χ0v) is 19.1. The summed E-state index contributed by atoms with van der Waals surface area (Å²) in [6.45, 7) is 17.7. The number of ether oxygens (including phenoxy) is 3. The van der Waals surface area contributed by atoms with Crippen LogP contribution in [0, 0.1) is 5.92 Å². The highest BCUT2D eigenvalue weighted by Crippen LogP contribution is 2.36. The number of carbonyl (C=O) groups excluding carboxylic acids is 2. The molecule has 0 radical (unpaired) electrons. The van der Waals surface area contributed by atoms with E-state index in [1.807, 2.05) is 20.8 Å². The van der Waals surface area contributed by atoms with Gasteiger partial charge in [0.1, 0.15) is 11.7 Å². The lowest BCUT2D eigenvalue weighted by atomic mass is 9.94. The Hall–Kier alpha value is -0.963. The van der Waals surface area contributed by atoms with E-state index in [4.69, 9.17) is 18.6 Å². The van der Waals surface area contributed by atoms with E-state index in [2.05, 4.69) is 19.6 Å². The molecule has 0 saturated carbocycles. The highest BCUT2D eigenvalue weighted by molar-refractivity contribution is 6.69. The summed E-state index contributed by atoms with van der Waals surface area (Å²) in [5, 5.41) is 0. The Morgan fingerprint density at radius 3 is 2.33 bits per heavy atom. The third-order valence-electron chi connectivity index (χ3n) is 4.46. The molecule has 0 aromatic heterocycles. The van der Waals surface area contributed by atoms with E-state index in [-0.39, 0.29) is 24.3 Å². The molecule has 8 heteroatoms. The minimum Gasteiger partial charge on any atom is -0.443 e. The molecular weight excluding hydrogens is 366 g/mol. The van der Waals surface area contributed by atoms with Crippen LogP contribution in [0.4, 0.5) is 4.79 Å². The molecular formula is C19H35NO6Si. The van der Waals surface area contributed by atoms with Crippen molar-refractivity contribution in [2.24, 2.45) is 5.92 Å². The molecule has 0 spiro atoms. The standard InChI is InChI=1S/C19H35NO6Si/c1-12-10-14(21)20(17(22)25-18(2,3)4)15(12)16(26-27(7,8)9)13-11-23-19(5,6)24-13/h12-13,15-16H,10-11H2,1-9H3/t12-,13-,15-,16-/m1/s1. The molecule has 7 nitrogen and oxygen atoms in total. The molecule has 2 heterocycles. The summed E-state index contributed by atoms with van der Waals surface area (Å²) in [5.41, 5.74) is -0.683. The van der Waals surface area contributed by atoms with Gasteiger partial charge in [0.15, 0.2) is 14.1 Å². The van der Waals surface area contributed by atoms with Gasteiger partial charge in [-0.2, -0.15) is 0 Å². The minimum atomic E-state index is -1.99. The number of hydrogen-bond donors (Lipinski definition) is 0. The van der Waals surface area contributed by atoms with Crippen LogP contribution in [0.25, 0.3) is 0 Å². The number of amides is 2. The van der Waals surface area contributed by atoms with Crippen LogP contribution < -0.4 is 0 Å². The van der Waals surface area contributed by atoms with Crippen molar-refractivity contribution in [3.05, 3.63) is 0 Å². The summed E-state index contributed by atoms with van der Waals surface area (Å²) in [7, 11) is -1.99. The molecule has 2 saturated heterocycles. The fourth-order valence-electron chi connectivity index (χ4n) is 3.57. The Labute approximate surface area is 163 Å². The highest BCUT2D eigenvalue weighted by Gasteiger charge is 2.52. The predicted octanol–water partition coefficient (Wildman–Crippen LogP) is 3.53. The van der Waals surface area contributed by atoms with Gasteiger partial charge in [-0.3, -0.25) is 4.79 Å². The summed E-state index contributed by atoms with van der Waals surface area (Å²) >= 11 is 0. The van der Waals surface area contributed by atoms with Crippen LogP contribution in [-0.2, 0) is 23.4 Å². The molecule has 0 N–H and O–H groups in total. The summed E-state index contributed by atoms with van der Waals surface area (Å²) in [6.07, 6.45) is -1.14. The molecule has 2 aliphatic heterocycles. The van der Waals surface area contributed by atoms with E-state index in [9.17, 15) is 9.59 Å². The van der Waals surface area contributed by atoms with Gasteiger partial charge in [0.2, 0.25) is 5.91 Å². The van der Waals surface area contributed by atoms with Gasteiger partial charge in [-0.25, -0.2) is 9.69 Å². The summed E-state index contributed by atoms with van der Waals surface area (Å²) in [4.78, 5) is 26.7. The second-order valence-corrected chi connectivity index (χ2v) is 14.4. The van der Waals surface area contributed by atoms with Crippen LogP contribution in [0.15, 0.2) is 0 Å². The number of nitrogens with zero attached hydrogens (tertiary/aromatic N) is 1. The largest absolute Gasteiger partial charge is 0.443 e. The van der Waals surface area contributed by atoms with Gasteiger partial charge >= 0.3 is 6.09 Å². The monoisotopic (exact) mass is 401 g/mol. The van der Waals surface area contributed by atoms with E-state index in [0.29, 0.717) is 6.61 Å². The Balaban J connectivity index is 2.35. The zero-order chi connectivity index (χ0) is 20.8. The van der Waals surface area contributed by atoms with Crippen molar-refractivity contribution in [3.8, 4) is 0 Å². The number of rotatable bonds is 4. The fraction of sp³-hybridized carbons (Fsp3) is 0.895. The predicted molar refractivity (Wildman–Crippen MR) is 104 cm³/mol. The third kappa shape index (κ3) is 5.76. The first-order valence-electron chi connectivity index (χ1n) is 9.64. The lowest BCUT2D eigenvalue weighted by Gasteiger charge is -2.39. The van der Waals surface area contributed by atoms with Gasteiger partial charge in [-0.1, -0.05) is 6.92 Å². The Morgan fingerprint density at radius 1 is 1.30 bits per heavy atom. The lowest BCUT2D eigenvalue weighted by Crippen LogP contribution is -2.56.